The first-order valence-electron chi connectivity index (χ1n) is 11.2. The van der Waals surface area contributed by atoms with Crippen molar-refractivity contribution in [2.45, 2.75) is 18.9 Å². The van der Waals surface area contributed by atoms with Crippen molar-refractivity contribution < 1.29 is 27.2 Å². The van der Waals surface area contributed by atoms with Crippen LogP contribution in [0, 0.1) is 23.3 Å². The highest BCUT2D eigenvalue weighted by Gasteiger charge is 2.29. The second kappa shape index (κ2) is 10.6. The quantitative estimate of drug-likeness (QED) is 0.342. The van der Waals surface area contributed by atoms with E-state index in [0.29, 0.717) is 5.56 Å². The summed E-state index contributed by atoms with van der Waals surface area (Å²) >= 11 is 0. The number of nitrogens with one attached hydrogen (secondary N) is 2. The molecule has 184 valence electrons. The second-order valence-corrected chi connectivity index (χ2v) is 8.42. The van der Waals surface area contributed by atoms with E-state index in [-0.39, 0.29) is 46.8 Å². The number of carbonyl (C=O) groups excluding carboxylic acids is 2. The molecule has 2 N–H and O–H groups in total. The van der Waals surface area contributed by atoms with Crippen LogP contribution in [-0.4, -0.2) is 24.8 Å². The summed E-state index contributed by atoms with van der Waals surface area (Å²) in [4.78, 5) is 26.1. The average molecular weight is 494 g/mol. The summed E-state index contributed by atoms with van der Waals surface area (Å²) in [5.41, 5.74) is 2.33. The Labute approximate surface area is 205 Å². The summed E-state index contributed by atoms with van der Waals surface area (Å²) in [6, 6.07) is 12.8. The maximum atomic E-state index is 13.7. The van der Waals surface area contributed by atoms with Gasteiger partial charge in [0.15, 0.2) is 29.1 Å². The van der Waals surface area contributed by atoms with Gasteiger partial charge in [-0.1, -0.05) is 12.1 Å². The Kier molecular flexibility index (Phi) is 7.33. The summed E-state index contributed by atoms with van der Waals surface area (Å²) in [5, 5.41) is 5.87. The maximum absolute atomic E-state index is 13.7. The minimum atomic E-state index is -1.06. The smallest absolute Gasteiger partial charge is 0.251 e. The number of Topliss-reactive ketones (excluding diaryl/α,β-unsaturated/α-hetero) is 1. The first-order valence-corrected chi connectivity index (χ1v) is 11.2. The van der Waals surface area contributed by atoms with E-state index in [9.17, 15) is 27.2 Å². The zero-order valence-corrected chi connectivity index (χ0v) is 19.2. The van der Waals surface area contributed by atoms with Crippen molar-refractivity contribution in [1.29, 1.82) is 0 Å². The van der Waals surface area contributed by atoms with E-state index in [0.717, 1.165) is 30.0 Å². The van der Waals surface area contributed by atoms with Crippen molar-refractivity contribution in [3.8, 4) is 0 Å². The number of benzene rings is 3. The van der Waals surface area contributed by atoms with Crippen LogP contribution < -0.4 is 10.6 Å². The predicted molar refractivity (Wildman–Crippen MR) is 130 cm³/mol. The molecular weight excluding hydrogens is 472 g/mol. The Morgan fingerprint density at radius 1 is 0.778 bits per heavy atom. The Bertz CT molecular complexity index is 1310. The van der Waals surface area contributed by atoms with Crippen molar-refractivity contribution >= 4 is 29.5 Å². The van der Waals surface area contributed by atoms with Crippen LogP contribution in [0.1, 0.15) is 34.3 Å². The van der Waals surface area contributed by atoms with Gasteiger partial charge in [-0.2, -0.15) is 0 Å². The standard InChI is InChI=1S/C28H22F4N2O2/c1-33-21-6-4-18(5-7-21)28(36)34-22-14-19(10-16-2-8-23(29)25(31)12-16)27(35)20(15-22)11-17-3-9-24(30)26(32)13-17/h2-13,22,33H,14-15H2,1H3,(H,34,36)/b19-10+,20-11+. The van der Waals surface area contributed by atoms with Crippen molar-refractivity contribution in [3.63, 3.8) is 0 Å². The van der Waals surface area contributed by atoms with Crippen LogP contribution in [0.5, 0.6) is 0 Å². The highest BCUT2D eigenvalue weighted by molar-refractivity contribution is 6.14. The van der Waals surface area contributed by atoms with Gasteiger partial charge in [0.25, 0.3) is 5.91 Å². The number of amides is 1. The Morgan fingerprint density at radius 2 is 1.28 bits per heavy atom. The molecule has 1 saturated carbocycles. The molecule has 1 aliphatic carbocycles. The number of anilines is 1. The highest BCUT2D eigenvalue weighted by atomic mass is 19.2. The van der Waals surface area contributed by atoms with Crippen LogP contribution in [0.3, 0.4) is 0 Å². The van der Waals surface area contributed by atoms with E-state index >= 15 is 0 Å². The maximum Gasteiger partial charge on any atom is 0.251 e. The van der Waals surface area contributed by atoms with Gasteiger partial charge < -0.3 is 10.6 Å². The van der Waals surface area contributed by atoms with Gasteiger partial charge >= 0.3 is 0 Å². The minimum Gasteiger partial charge on any atom is -0.388 e. The molecule has 0 saturated heterocycles. The summed E-state index contributed by atoms with van der Waals surface area (Å²) in [6.07, 6.45) is 3.16. The summed E-state index contributed by atoms with van der Waals surface area (Å²) in [5.74, 6) is -4.87. The van der Waals surface area contributed by atoms with E-state index < -0.39 is 29.3 Å². The van der Waals surface area contributed by atoms with E-state index in [4.69, 9.17) is 0 Å². The van der Waals surface area contributed by atoms with Crippen molar-refractivity contribution in [1.82, 2.24) is 5.32 Å². The lowest BCUT2D eigenvalue weighted by molar-refractivity contribution is -0.113. The third-order valence-electron chi connectivity index (χ3n) is 5.86. The molecular formula is C28H22F4N2O2. The first-order chi connectivity index (χ1) is 17.2. The topological polar surface area (TPSA) is 58.2 Å². The second-order valence-electron chi connectivity index (χ2n) is 8.42. The normalized spacial score (nSPS) is 17.9. The molecule has 36 heavy (non-hydrogen) atoms. The van der Waals surface area contributed by atoms with Gasteiger partial charge in [-0.25, -0.2) is 17.6 Å². The summed E-state index contributed by atoms with van der Waals surface area (Å²) in [6.45, 7) is 0. The van der Waals surface area contributed by atoms with Crippen molar-refractivity contribution in [3.05, 3.63) is 112 Å². The van der Waals surface area contributed by atoms with Gasteiger partial charge in [-0.15, -0.1) is 0 Å². The summed E-state index contributed by atoms with van der Waals surface area (Å²) < 4.78 is 54.2. The molecule has 1 fully saturated rings. The molecule has 0 spiro atoms. The Balaban J connectivity index is 1.66. The van der Waals surface area contributed by atoms with Crippen LogP contribution >= 0.6 is 0 Å². The molecule has 3 aromatic carbocycles. The van der Waals surface area contributed by atoms with Gasteiger partial charge in [0.2, 0.25) is 0 Å². The number of ketones is 1. The van der Waals surface area contributed by atoms with Crippen molar-refractivity contribution in [2.24, 2.45) is 0 Å². The molecule has 0 radical (unpaired) electrons. The average Bonchev–Trinajstić information content (AvgIpc) is 2.86. The van der Waals surface area contributed by atoms with Crippen LogP contribution in [0.25, 0.3) is 12.2 Å². The molecule has 0 aromatic heterocycles. The molecule has 8 heteroatoms. The SMILES string of the molecule is CNc1ccc(C(=O)NC2C/C(=C\c3ccc(F)c(F)c3)C(=O)/C(=C/c3ccc(F)c(F)c3)C2)cc1. The van der Waals surface area contributed by atoms with E-state index in [1.807, 2.05) is 0 Å². The predicted octanol–water partition coefficient (Wildman–Crippen LogP) is 5.91. The van der Waals surface area contributed by atoms with Gasteiger partial charge in [-0.3, -0.25) is 9.59 Å². The van der Waals surface area contributed by atoms with Gasteiger partial charge in [-0.05, 0) is 84.7 Å². The number of halogens is 4. The summed E-state index contributed by atoms with van der Waals surface area (Å²) in [7, 11) is 1.76. The molecule has 0 bridgehead atoms. The van der Waals surface area contributed by atoms with Gasteiger partial charge in [0.05, 0.1) is 0 Å². The third kappa shape index (κ3) is 5.71. The molecule has 0 heterocycles. The molecule has 4 nitrogen and oxygen atoms in total. The number of hydrogen-bond donors (Lipinski definition) is 2. The van der Waals surface area contributed by atoms with E-state index in [1.54, 1.807) is 31.3 Å². The van der Waals surface area contributed by atoms with Gasteiger partial charge in [0, 0.05) is 35.5 Å². The van der Waals surface area contributed by atoms with Crippen LogP contribution in [0.15, 0.2) is 71.8 Å². The molecule has 3 aromatic rings. The first kappa shape index (κ1) is 24.9. The minimum absolute atomic E-state index is 0.146. The largest absolute Gasteiger partial charge is 0.388 e. The van der Waals surface area contributed by atoms with Crippen LogP contribution in [0.4, 0.5) is 23.2 Å². The Morgan fingerprint density at radius 3 is 1.72 bits per heavy atom. The molecule has 1 aliphatic rings. The number of hydrogen-bond acceptors (Lipinski definition) is 3. The van der Waals surface area contributed by atoms with E-state index in [2.05, 4.69) is 10.6 Å². The fourth-order valence-corrected chi connectivity index (χ4v) is 4.01. The zero-order valence-electron chi connectivity index (χ0n) is 19.2. The molecule has 4 rings (SSSR count). The molecule has 0 atom stereocenters. The molecule has 0 aliphatic heterocycles. The lowest BCUT2D eigenvalue weighted by Gasteiger charge is -2.27. The van der Waals surface area contributed by atoms with E-state index in [1.165, 1.54) is 24.3 Å². The monoisotopic (exact) mass is 494 g/mol. The number of carbonyl (C=O) groups is 2. The lowest BCUT2D eigenvalue weighted by atomic mass is 9.83. The molecule has 0 unspecified atom stereocenters. The zero-order chi connectivity index (χ0) is 25.8. The van der Waals surface area contributed by atoms with Crippen LogP contribution in [-0.2, 0) is 4.79 Å². The highest BCUT2D eigenvalue weighted by Crippen LogP contribution is 2.29. The Hall–Kier alpha value is -4.20. The fourth-order valence-electron chi connectivity index (χ4n) is 4.01. The number of rotatable bonds is 5. The fraction of sp³-hybridized carbons (Fsp3) is 0.143. The van der Waals surface area contributed by atoms with Crippen molar-refractivity contribution in [2.75, 3.05) is 12.4 Å². The van der Waals surface area contributed by atoms with Crippen LogP contribution in [0.2, 0.25) is 0 Å². The molecule has 1 amide bonds. The third-order valence-corrected chi connectivity index (χ3v) is 5.86. The lowest BCUT2D eigenvalue weighted by Crippen LogP contribution is -2.39. The van der Waals surface area contributed by atoms with Gasteiger partial charge in [0.1, 0.15) is 0 Å².